The molecule has 3 unspecified atom stereocenters. The third-order valence-electron chi connectivity index (χ3n) is 9.06. The van der Waals surface area contributed by atoms with E-state index in [4.69, 9.17) is 0 Å². The van der Waals surface area contributed by atoms with Crippen LogP contribution in [0.1, 0.15) is 151 Å². The molecule has 3 atom stereocenters. The number of rotatable bonds is 16. The molecule has 0 fully saturated rings. The molecule has 3 nitrogen and oxygen atoms in total. The van der Waals surface area contributed by atoms with Gasteiger partial charge in [0.05, 0.1) is 6.42 Å². The molecule has 1 aliphatic rings. The summed E-state index contributed by atoms with van der Waals surface area (Å²) in [7, 11) is 0. The molecule has 0 amide bonds. The van der Waals surface area contributed by atoms with Crippen molar-refractivity contribution in [3.8, 4) is 0 Å². The van der Waals surface area contributed by atoms with Crippen LogP contribution >= 0.6 is 0 Å². The van der Waals surface area contributed by atoms with Gasteiger partial charge in [0, 0.05) is 17.9 Å². The Labute approximate surface area is 227 Å². The highest BCUT2D eigenvalue weighted by molar-refractivity contribution is 6.01. The van der Waals surface area contributed by atoms with Crippen LogP contribution in [0.2, 0.25) is 0 Å². The van der Waals surface area contributed by atoms with E-state index < -0.39 is 0 Å². The zero-order valence-corrected chi connectivity index (χ0v) is 25.2. The van der Waals surface area contributed by atoms with Gasteiger partial charge in [0.15, 0.2) is 5.78 Å². The Morgan fingerprint density at radius 2 is 1.68 bits per heavy atom. The van der Waals surface area contributed by atoms with Crippen molar-refractivity contribution in [1.29, 1.82) is 0 Å². The van der Waals surface area contributed by atoms with E-state index in [2.05, 4.69) is 54.5 Å². The Morgan fingerprint density at radius 1 is 1.00 bits per heavy atom. The van der Waals surface area contributed by atoms with Crippen LogP contribution in [-0.2, 0) is 22.4 Å². The summed E-state index contributed by atoms with van der Waals surface area (Å²) in [6, 6.07) is 2.41. The minimum absolute atomic E-state index is 0.0435. The van der Waals surface area contributed by atoms with Crippen LogP contribution in [0.15, 0.2) is 6.07 Å². The normalized spacial score (nSPS) is 17.2. The maximum Gasteiger partial charge on any atom is 0.163 e. The summed E-state index contributed by atoms with van der Waals surface area (Å²) in [5, 5.41) is 0. The molecule has 1 aromatic carbocycles. The van der Waals surface area contributed by atoms with E-state index >= 15 is 0 Å². The first kappa shape index (κ1) is 31.4. The fourth-order valence-corrected chi connectivity index (χ4v) is 6.94. The third kappa shape index (κ3) is 8.36. The number of aryl methyl sites for hydroxylation is 1. The summed E-state index contributed by atoms with van der Waals surface area (Å²) in [4.78, 5) is 38.2. The molecule has 0 spiro atoms. The highest BCUT2D eigenvalue weighted by Gasteiger charge is 2.34. The van der Waals surface area contributed by atoms with Gasteiger partial charge in [0.1, 0.15) is 11.6 Å². The van der Waals surface area contributed by atoms with Crippen LogP contribution in [0, 0.1) is 30.6 Å². The van der Waals surface area contributed by atoms with Gasteiger partial charge in [-0.3, -0.25) is 14.4 Å². The standard InChI is InChI=1S/C34H54O3/c1-9-14-28(29(12-4)32(36)17-23(7)35)18-26-19-31-30(22(5)6)21-27(16-13-15-25(10-2)11-3)24(8)34(31)33(37)20-26/h21-22,25-26,28-29H,9-20H2,1-8H3. The summed E-state index contributed by atoms with van der Waals surface area (Å²) in [5.74, 6) is 1.96. The van der Waals surface area contributed by atoms with Gasteiger partial charge in [-0.2, -0.15) is 0 Å². The van der Waals surface area contributed by atoms with Crippen molar-refractivity contribution in [3.63, 3.8) is 0 Å². The van der Waals surface area contributed by atoms with E-state index in [-0.39, 0.29) is 35.7 Å². The summed E-state index contributed by atoms with van der Waals surface area (Å²) < 4.78 is 0. The average molecular weight is 511 g/mol. The van der Waals surface area contributed by atoms with Gasteiger partial charge in [-0.05, 0) is 91.9 Å². The van der Waals surface area contributed by atoms with Gasteiger partial charge in [-0.25, -0.2) is 0 Å². The van der Waals surface area contributed by atoms with Crippen molar-refractivity contribution in [1.82, 2.24) is 0 Å². The van der Waals surface area contributed by atoms with Crippen molar-refractivity contribution in [2.45, 2.75) is 138 Å². The van der Waals surface area contributed by atoms with E-state index in [9.17, 15) is 14.4 Å². The monoisotopic (exact) mass is 510 g/mol. The van der Waals surface area contributed by atoms with Gasteiger partial charge in [-0.15, -0.1) is 0 Å². The first-order valence-electron chi connectivity index (χ1n) is 15.3. The molecule has 0 N–H and O–H groups in total. The van der Waals surface area contributed by atoms with Crippen LogP contribution in [0.25, 0.3) is 0 Å². The molecule has 0 aromatic heterocycles. The van der Waals surface area contributed by atoms with Crippen molar-refractivity contribution in [3.05, 3.63) is 33.9 Å². The molecular formula is C34H54O3. The van der Waals surface area contributed by atoms with Crippen LogP contribution in [0.5, 0.6) is 0 Å². The van der Waals surface area contributed by atoms with Gasteiger partial charge in [0.25, 0.3) is 0 Å². The number of carbonyl (C=O) groups excluding carboxylic acids is 3. The molecule has 208 valence electrons. The zero-order valence-electron chi connectivity index (χ0n) is 25.2. The molecule has 0 heterocycles. The smallest absolute Gasteiger partial charge is 0.163 e. The Balaban J connectivity index is 2.32. The first-order chi connectivity index (χ1) is 17.6. The van der Waals surface area contributed by atoms with Crippen molar-refractivity contribution in [2.75, 3.05) is 0 Å². The molecule has 37 heavy (non-hydrogen) atoms. The molecule has 0 bridgehead atoms. The number of benzene rings is 1. The number of fused-ring (bicyclic) bond motifs is 1. The number of hydrogen-bond donors (Lipinski definition) is 0. The lowest BCUT2D eigenvalue weighted by molar-refractivity contribution is -0.129. The lowest BCUT2D eigenvalue weighted by Crippen LogP contribution is -2.30. The van der Waals surface area contributed by atoms with E-state index in [1.807, 2.05) is 0 Å². The Hall–Kier alpha value is -1.77. The third-order valence-corrected chi connectivity index (χ3v) is 9.06. The predicted molar refractivity (Wildman–Crippen MR) is 156 cm³/mol. The average Bonchev–Trinajstić information content (AvgIpc) is 2.82. The van der Waals surface area contributed by atoms with Gasteiger partial charge < -0.3 is 0 Å². The second-order valence-corrected chi connectivity index (χ2v) is 12.2. The SMILES string of the molecule is CCCC(CC1CC(=O)c2c(C)c(CCCC(CC)CC)cc(C(C)C)c2C1)C(CC)C(=O)CC(C)=O. The minimum Gasteiger partial charge on any atom is -0.300 e. The highest BCUT2D eigenvalue weighted by atomic mass is 16.1. The fraction of sp³-hybridized carbons (Fsp3) is 0.735. The number of ketones is 3. The Bertz CT molecular complexity index is 921. The van der Waals surface area contributed by atoms with Crippen molar-refractivity contribution >= 4 is 17.3 Å². The predicted octanol–water partition coefficient (Wildman–Crippen LogP) is 9.00. The quantitative estimate of drug-likeness (QED) is 0.208. The molecule has 0 aliphatic heterocycles. The Kier molecular flexibility index (Phi) is 12.7. The second-order valence-electron chi connectivity index (χ2n) is 12.2. The second kappa shape index (κ2) is 15.0. The number of carbonyl (C=O) groups is 3. The fourth-order valence-electron chi connectivity index (χ4n) is 6.94. The number of Topliss-reactive ketones (excluding diaryl/α,β-unsaturated/α-hetero) is 3. The molecule has 0 saturated heterocycles. The van der Waals surface area contributed by atoms with Crippen LogP contribution in [0.4, 0.5) is 0 Å². The summed E-state index contributed by atoms with van der Waals surface area (Å²) in [6.45, 7) is 17.0. The largest absolute Gasteiger partial charge is 0.300 e. The number of hydrogen-bond acceptors (Lipinski definition) is 3. The van der Waals surface area contributed by atoms with Gasteiger partial charge >= 0.3 is 0 Å². The molecule has 1 aromatic rings. The molecule has 1 aliphatic carbocycles. The van der Waals surface area contributed by atoms with E-state index in [1.165, 1.54) is 54.9 Å². The van der Waals surface area contributed by atoms with Crippen molar-refractivity contribution < 1.29 is 14.4 Å². The van der Waals surface area contributed by atoms with Crippen LogP contribution in [0.3, 0.4) is 0 Å². The van der Waals surface area contributed by atoms with Crippen LogP contribution < -0.4 is 0 Å². The molecular weight excluding hydrogens is 456 g/mol. The molecule has 0 radical (unpaired) electrons. The molecule has 0 saturated carbocycles. The topological polar surface area (TPSA) is 51.2 Å². The van der Waals surface area contributed by atoms with Gasteiger partial charge in [-0.1, -0.05) is 79.7 Å². The zero-order chi connectivity index (χ0) is 27.7. The molecule has 2 rings (SSSR count). The maximum absolute atomic E-state index is 13.7. The summed E-state index contributed by atoms with van der Waals surface area (Å²) in [5.41, 5.74) is 6.20. The van der Waals surface area contributed by atoms with Crippen LogP contribution in [-0.4, -0.2) is 17.3 Å². The van der Waals surface area contributed by atoms with E-state index in [0.717, 1.165) is 50.0 Å². The van der Waals surface area contributed by atoms with Gasteiger partial charge in [0.2, 0.25) is 0 Å². The van der Waals surface area contributed by atoms with E-state index in [1.54, 1.807) is 0 Å². The molecule has 3 heteroatoms. The lowest BCUT2D eigenvalue weighted by Gasteiger charge is -2.33. The summed E-state index contributed by atoms with van der Waals surface area (Å²) in [6.07, 6.45) is 11.2. The first-order valence-corrected chi connectivity index (χ1v) is 15.3. The Morgan fingerprint density at radius 3 is 2.22 bits per heavy atom. The minimum atomic E-state index is -0.0795. The highest BCUT2D eigenvalue weighted by Crippen LogP contribution is 2.40. The van der Waals surface area contributed by atoms with E-state index in [0.29, 0.717) is 18.1 Å². The van der Waals surface area contributed by atoms with Crippen molar-refractivity contribution in [2.24, 2.45) is 23.7 Å². The maximum atomic E-state index is 13.7. The lowest BCUT2D eigenvalue weighted by atomic mass is 9.70. The summed E-state index contributed by atoms with van der Waals surface area (Å²) >= 11 is 0.